The highest BCUT2D eigenvalue weighted by Crippen LogP contribution is 2.10. The molecule has 0 fully saturated rings. The molecule has 0 spiro atoms. The van der Waals surface area contributed by atoms with E-state index in [1.807, 2.05) is 11.5 Å². The number of unbranched alkanes of at least 4 members (excludes halogenated alkanes) is 2. The van der Waals surface area contributed by atoms with Crippen molar-refractivity contribution in [3.63, 3.8) is 0 Å². The SMILES string of the molecule is CCCCn1c(=O)n(CCC)c(=O)c2c1ncn2CCCCC(C)O. The van der Waals surface area contributed by atoms with Gasteiger partial charge in [0.05, 0.1) is 12.4 Å². The maximum absolute atomic E-state index is 12.8. The van der Waals surface area contributed by atoms with Gasteiger partial charge >= 0.3 is 5.69 Å². The highest BCUT2D eigenvalue weighted by atomic mass is 16.3. The van der Waals surface area contributed by atoms with Crippen LogP contribution in [0.1, 0.15) is 59.3 Å². The molecule has 1 atom stereocenters. The van der Waals surface area contributed by atoms with Crippen LogP contribution in [0.5, 0.6) is 0 Å². The second-order valence-electron chi connectivity index (χ2n) is 6.70. The number of aryl methyl sites for hydroxylation is 2. The molecule has 7 heteroatoms. The van der Waals surface area contributed by atoms with Crippen molar-refractivity contribution in [2.24, 2.45) is 0 Å². The zero-order valence-corrected chi connectivity index (χ0v) is 15.6. The Labute approximate surface area is 147 Å². The van der Waals surface area contributed by atoms with Gasteiger partial charge in [0.15, 0.2) is 11.2 Å². The van der Waals surface area contributed by atoms with Gasteiger partial charge < -0.3 is 9.67 Å². The Bertz CT molecular complexity index is 801. The van der Waals surface area contributed by atoms with Gasteiger partial charge in [0.2, 0.25) is 0 Å². The van der Waals surface area contributed by atoms with Crippen LogP contribution in [0.4, 0.5) is 0 Å². The topological polar surface area (TPSA) is 82.0 Å². The normalized spacial score (nSPS) is 12.8. The number of rotatable bonds is 10. The summed E-state index contributed by atoms with van der Waals surface area (Å²) in [4.78, 5) is 29.9. The summed E-state index contributed by atoms with van der Waals surface area (Å²) in [6.07, 6.45) is 6.42. The van der Waals surface area contributed by atoms with Gasteiger partial charge in [0.1, 0.15) is 0 Å². The van der Waals surface area contributed by atoms with Gasteiger partial charge in [0, 0.05) is 19.6 Å². The highest BCUT2D eigenvalue weighted by molar-refractivity contribution is 5.70. The fourth-order valence-corrected chi connectivity index (χ4v) is 3.07. The van der Waals surface area contributed by atoms with E-state index in [1.54, 1.807) is 17.8 Å². The number of aliphatic hydroxyl groups is 1. The van der Waals surface area contributed by atoms with Gasteiger partial charge in [0.25, 0.3) is 5.56 Å². The van der Waals surface area contributed by atoms with Gasteiger partial charge in [-0.3, -0.25) is 13.9 Å². The van der Waals surface area contributed by atoms with Crippen molar-refractivity contribution in [2.75, 3.05) is 0 Å². The minimum Gasteiger partial charge on any atom is -0.393 e. The smallest absolute Gasteiger partial charge is 0.332 e. The standard InChI is InChI=1S/C18H30N4O3/c1-4-6-12-21-16-15(17(24)22(10-5-2)18(21)25)20(13-19-16)11-8-7-9-14(3)23/h13-14,23H,4-12H2,1-3H3. The number of hydrogen-bond acceptors (Lipinski definition) is 4. The Balaban J connectivity index is 2.43. The number of nitrogens with zero attached hydrogens (tertiary/aromatic N) is 4. The van der Waals surface area contributed by atoms with E-state index in [0.717, 1.165) is 38.5 Å². The first kappa shape index (κ1) is 19.4. The van der Waals surface area contributed by atoms with Crippen LogP contribution in [0.3, 0.4) is 0 Å². The lowest BCUT2D eigenvalue weighted by atomic mass is 10.2. The quantitative estimate of drug-likeness (QED) is 0.666. The fourth-order valence-electron chi connectivity index (χ4n) is 3.07. The summed E-state index contributed by atoms with van der Waals surface area (Å²) in [5.74, 6) is 0. The Morgan fingerprint density at radius 3 is 2.44 bits per heavy atom. The summed E-state index contributed by atoms with van der Waals surface area (Å²) in [5, 5.41) is 9.36. The molecule has 0 amide bonds. The summed E-state index contributed by atoms with van der Waals surface area (Å²) in [6.45, 7) is 7.48. The molecule has 140 valence electrons. The molecule has 0 aliphatic heterocycles. The third-order valence-corrected chi connectivity index (χ3v) is 4.44. The van der Waals surface area contributed by atoms with Crippen LogP contribution in [0.15, 0.2) is 15.9 Å². The van der Waals surface area contributed by atoms with Crippen molar-refractivity contribution in [3.05, 3.63) is 27.2 Å². The number of fused-ring (bicyclic) bond motifs is 1. The lowest BCUT2D eigenvalue weighted by Gasteiger charge is -2.12. The lowest BCUT2D eigenvalue weighted by molar-refractivity contribution is 0.180. The van der Waals surface area contributed by atoms with E-state index >= 15 is 0 Å². The molecular weight excluding hydrogens is 320 g/mol. The Hall–Kier alpha value is -1.89. The molecule has 0 aromatic carbocycles. The minimum absolute atomic E-state index is 0.248. The summed E-state index contributed by atoms with van der Waals surface area (Å²) >= 11 is 0. The third-order valence-electron chi connectivity index (χ3n) is 4.44. The van der Waals surface area contributed by atoms with Gasteiger partial charge in [-0.15, -0.1) is 0 Å². The second kappa shape index (κ2) is 8.99. The van der Waals surface area contributed by atoms with Crippen molar-refractivity contribution < 1.29 is 5.11 Å². The van der Waals surface area contributed by atoms with Crippen LogP contribution in [0.25, 0.3) is 11.2 Å². The van der Waals surface area contributed by atoms with E-state index in [9.17, 15) is 14.7 Å². The van der Waals surface area contributed by atoms with Crippen LogP contribution in [0, 0.1) is 0 Å². The van der Waals surface area contributed by atoms with Crippen molar-refractivity contribution in [3.8, 4) is 0 Å². The largest absolute Gasteiger partial charge is 0.393 e. The average Bonchev–Trinajstić information content (AvgIpc) is 2.99. The third kappa shape index (κ3) is 4.39. The number of hydrogen-bond donors (Lipinski definition) is 1. The van der Waals surface area contributed by atoms with E-state index in [-0.39, 0.29) is 17.4 Å². The van der Waals surface area contributed by atoms with Crippen LogP contribution >= 0.6 is 0 Å². The predicted octanol–water partition coefficient (Wildman–Crippen LogP) is 2.12. The maximum Gasteiger partial charge on any atom is 0.332 e. The van der Waals surface area contributed by atoms with Crippen molar-refractivity contribution in [2.45, 2.75) is 85.0 Å². The van der Waals surface area contributed by atoms with Gasteiger partial charge in [-0.2, -0.15) is 0 Å². The number of aromatic nitrogens is 4. The van der Waals surface area contributed by atoms with E-state index in [0.29, 0.717) is 30.8 Å². The molecule has 2 aromatic heterocycles. The molecule has 0 saturated heterocycles. The summed E-state index contributed by atoms with van der Waals surface area (Å²) < 4.78 is 4.84. The van der Waals surface area contributed by atoms with Crippen molar-refractivity contribution >= 4 is 11.2 Å². The summed E-state index contributed by atoms with van der Waals surface area (Å²) in [5.41, 5.74) is 0.502. The molecule has 2 heterocycles. The molecule has 0 aliphatic rings. The zero-order chi connectivity index (χ0) is 18.4. The molecule has 1 N–H and O–H groups in total. The lowest BCUT2D eigenvalue weighted by Crippen LogP contribution is -2.40. The average molecular weight is 350 g/mol. The molecule has 2 aromatic rings. The first-order valence-corrected chi connectivity index (χ1v) is 9.37. The number of aliphatic hydroxyl groups excluding tert-OH is 1. The van der Waals surface area contributed by atoms with E-state index in [4.69, 9.17) is 0 Å². The zero-order valence-electron chi connectivity index (χ0n) is 15.6. The molecule has 2 rings (SSSR count). The van der Waals surface area contributed by atoms with Crippen LogP contribution in [-0.4, -0.2) is 29.9 Å². The van der Waals surface area contributed by atoms with Crippen LogP contribution < -0.4 is 11.2 Å². The second-order valence-corrected chi connectivity index (χ2v) is 6.70. The summed E-state index contributed by atoms with van der Waals surface area (Å²) in [6, 6.07) is 0. The first-order valence-electron chi connectivity index (χ1n) is 9.37. The molecule has 1 unspecified atom stereocenters. The van der Waals surface area contributed by atoms with Crippen LogP contribution in [-0.2, 0) is 19.6 Å². The van der Waals surface area contributed by atoms with Gasteiger partial charge in [-0.05, 0) is 39.0 Å². The molecule has 0 aliphatic carbocycles. The molecule has 25 heavy (non-hydrogen) atoms. The molecule has 0 bridgehead atoms. The number of imidazole rings is 1. The van der Waals surface area contributed by atoms with E-state index in [2.05, 4.69) is 11.9 Å². The minimum atomic E-state index is -0.305. The Morgan fingerprint density at radius 1 is 1.04 bits per heavy atom. The Morgan fingerprint density at radius 2 is 1.80 bits per heavy atom. The van der Waals surface area contributed by atoms with Gasteiger partial charge in [-0.1, -0.05) is 20.3 Å². The van der Waals surface area contributed by atoms with Crippen molar-refractivity contribution in [1.29, 1.82) is 0 Å². The molecule has 7 nitrogen and oxygen atoms in total. The Kier molecular flexibility index (Phi) is 6.99. The monoisotopic (exact) mass is 350 g/mol. The molecule has 0 radical (unpaired) electrons. The van der Waals surface area contributed by atoms with E-state index < -0.39 is 0 Å². The molecule has 0 saturated carbocycles. The highest BCUT2D eigenvalue weighted by Gasteiger charge is 2.17. The summed E-state index contributed by atoms with van der Waals surface area (Å²) in [7, 11) is 0. The maximum atomic E-state index is 12.8. The van der Waals surface area contributed by atoms with Crippen molar-refractivity contribution in [1.82, 2.24) is 18.7 Å². The molecular formula is C18H30N4O3. The fraction of sp³-hybridized carbons (Fsp3) is 0.722. The predicted molar refractivity (Wildman–Crippen MR) is 99.0 cm³/mol. The van der Waals surface area contributed by atoms with Crippen LogP contribution in [0.2, 0.25) is 0 Å². The van der Waals surface area contributed by atoms with E-state index in [1.165, 1.54) is 4.57 Å². The van der Waals surface area contributed by atoms with Gasteiger partial charge in [-0.25, -0.2) is 9.78 Å². The first-order chi connectivity index (χ1) is 12.0.